The fraction of sp³-hybridized carbons (Fsp3) is 0.462. The van der Waals surface area contributed by atoms with Gasteiger partial charge >= 0.3 is 5.97 Å². The third-order valence-electron chi connectivity index (χ3n) is 3.10. The Morgan fingerprint density at radius 2 is 2.24 bits per heavy atom. The van der Waals surface area contributed by atoms with Crippen molar-refractivity contribution in [3.63, 3.8) is 0 Å². The van der Waals surface area contributed by atoms with E-state index in [9.17, 15) is 14.4 Å². The molecule has 1 aliphatic rings. The molecule has 114 valence electrons. The van der Waals surface area contributed by atoms with E-state index in [4.69, 9.17) is 14.3 Å². The lowest BCUT2D eigenvalue weighted by Gasteiger charge is -2.34. The fourth-order valence-corrected chi connectivity index (χ4v) is 2.11. The molecule has 2 heterocycles. The lowest BCUT2D eigenvalue weighted by Crippen LogP contribution is -2.52. The van der Waals surface area contributed by atoms with Crippen LogP contribution in [0.5, 0.6) is 0 Å². The molecule has 21 heavy (non-hydrogen) atoms. The normalized spacial score (nSPS) is 18.3. The van der Waals surface area contributed by atoms with Gasteiger partial charge in [-0.2, -0.15) is 0 Å². The van der Waals surface area contributed by atoms with E-state index >= 15 is 0 Å². The molecule has 8 nitrogen and oxygen atoms in total. The van der Waals surface area contributed by atoms with Crippen molar-refractivity contribution in [2.75, 3.05) is 26.3 Å². The molecule has 1 fully saturated rings. The number of carbonyl (C=O) groups excluding carboxylic acids is 2. The number of aliphatic carboxylic acids is 1. The molecule has 1 aliphatic heterocycles. The quantitative estimate of drug-likeness (QED) is 0.773. The number of amides is 2. The van der Waals surface area contributed by atoms with Gasteiger partial charge in [-0.15, -0.1) is 0 Å². The number of nitrogens with one attached hydrogen (secondary N) is 1. The van der Waals surface area contributed by atoms with E-state index in [-0.39, 0.29) is 31.2 Å². The molecule has 0 saturated carbocycles. The number of ether oxygens (including phenoxy) is 1. The highest BCUT2D eigenvalue weighted by Gasteiger charge is 2.29. The molecule has 0 aromatic carbocycles. The molecule has 2 amide bonds. The Hall–Kier alpha value is -2.35. The van der Waals surface area contributed by atoms with E-state index in [1.165, 1.54) is 17.2 Å². The van der Waals surface area contributed by atoms with Gasteiger partial charge in [-0.25, -0.2) is 0 Å². The molecule has 1 saturated heterocycles. The van der Waals surface area contributed by atoms with Crippen molar-refractivity contribution < 1.29 is 28.6 Å². The molecule has 0 spiro atoms. The number of carboxylic acid groups (broad SMARTS) is 1. The topological polar surface area (TPSA) is 109 Å². The summed E-state index contributed by atoms with van der Waals surface area (Å²) in [5.41, 5.74) is 0. The van der Waals surface area contributed by atoms with Crippen molar-refractivity contribution in [2.24, 2.45) is 0 Å². The Kier molecular flexibility index (Phi) is 4.94. The maximum Gasteiger partial charge on any atom is 0.305 e. The van der Waals surface area contributed by atoms with Crippen LogP contribution in [0.4, 0.5) is 0 Å². The highest BCUT2D eigenvalue weighted by molar-refractivity contribution is 5.94. The van der Waals surface area contributed by atoms with Gasteiger partial charge < -0.3 is 24.5 Å². The van der Waals surface area contributed by atoms with Crippen molar-refractivity contribution >= 4 is 17.8 Å². The van der Waals surface area contributed by atoms with E-state index < -0.39 is 17.9 Å². The molecule has 1 atom stereocenters. The molecule has 1 unspecified atom stereocenters. The van der Waals surface area contributed by atoms with Gasteiger partial charge in [0, 0.05) is 6.54 Å². The summed E-state index contributed by atoms with van der Waals surface area (Å²) in [5.74, 6) is -1.71. The van der Waals surface area contributed by atoms with E-state index in [0.29, 0.717) is 13.2 Å². The summed E-state index contributed by atoms with van der Waals surface area (Å²) in [6, 6.07) is 2.55. The average molecular weight is 296 g/mol. The lowest BCUT2D eigenvalue weighted by molar-refractivity contribution is -0.145. The first-order chi connectivity index (χ1) is 10.1. The molecule has 2 N–H and O–H groups in total. The summed E-state index contributed by atoms with van der Waals surface area (Å²) in [7, 11) is 0. The first-order valence-electron chi connectivity index (χ1n) is 6.48. The first-order valence-corrected chi connectivity index (χ1v) is 6.48. The van der Waals surface area contributed by atoms with Gasteiger partial charge in [-0.1, -0.05) is 0 Å². The number of hydrogen-bond donors (Lipinski definition) is 2. The number of morpholine rings is 1. The van der Waals surface area contributed by atoms with Crippen LogP contribution in [0.25, 0.3) is 0 Å². The van der Waals surface area contributed by atoms with E-state index in [2.05, 4.69) is 5.32 Å². The van der Waals surface area contributed by atoms with Gasteiger partial charge in [0.2, 0.25) is 5.91 Å². The van der Waals surface area contributed by atoms with Crippen molar-refractivity contribution in [1.82, 2.24) is 10.2 Å². The summed E-state index contributed by atoms with van der Waals surface area (Å²) >= 11 is 0. The lowest BCUT2D eigenvalue weighted by atomic mass is 10.1. The van der Waals surface area contributed by atoms with Gasteiger partial charge in [-0.3, -0.25) is 14.4 Å². The van der Waals surface area contributed by atoms with Gasteiger partial charge in [-0.05, 0) is 12.1 Å². The van der Waals surface area contributed by atoms with Crippen LogP contribution >= 0.6 is 0 Å². The molecule has 0 aliphatic carbocycles. The van der Waals surface area contributed by atoms with Crippen molar-refractivity contribution in [1.29, 1.82) is 0 Å². The van der Waals surface area contributed by atoms with Crippen molar-refractivity contribution in [2.45, 2.75) is 12.5 Å². The summed E-state index contributed by atoms with van der Waals surface area (Å²) in [6.07, 6.45) is 1.18. The van der Waals surface area contributed by atoms with Crippen LogP contribution in [-0.4, -0.2) is 60.1 Å². The van der Waals surface area contributed by atoms with Gasteiger partial charge in [0.25, 0.3) is 5.91 Å². The highest BCUT2D eigenvalue weighted by atomic mass is 16.5. The highest BCUT2D eigenvalue weighted by Crippen LogP contribution is 2.11. The molecule has 1 aromatic rings. The number of rotatable bonds is 5. The minimum absolute atomic E-state index is 0.117. The zero-order valence-corrected chi connectivity index (χ0v) is 11.3. The summed E-state index contributed by atoms with van der Waals surface area (Å²) in [4.78, 5) is 36.0. The van der Waals surface area contributed by atoms with Crippen LogP contribution < -0.4 is 5.32 Å². The predicted molar refractivity (Wildman–Crippen MR) is 69.6 cm³/mol. The van der Waals surface area contributed by atoms with E-state index in [1.54, 1.807) is 6.07 Å². The third-order valence-corrected chi connectivity index (χ3v) is 3.10. The number of nitrogens with zero attached hydrogens (tertiary/aromatic N) is 1. The molecular formula is C13H16N2O6. The zero-order chi connectivity index (χ0) is 15.2. The summed E-state index contributed by atoms with van der Waals surface area (Å²) in [6.45, 7) is 0.640. The number of carbonyl (C=O) groups is 3. The standard InChI is InChI=1S/C13H16N2O6/c16-11(7-14-13(19)10-2-1-4-21-10)15-3-5-20-8-9(15)6-12(17)18/h1-2,4,9H,3,5-8H2,(H,14,19)(H,17,18). The van der Waals surface area contributed by atoms with Gasteiger partial charge in [0.1, 0.15) is 0 Å². The SMILES string of the molecule is O=C(O)CC1COCCN1C(=O)CNC(=O)c1ccco1. The monoisotopic (exact) mass is 296 g/mol. The number of carboxylic acids is 1. The summed E-state index contributed by atoms with van der Waals surface area (Å²) in [5, 5.41) is 11.3. The second-order valence-electron chi connectivity index (χ2n) is 4.57. The molecule has 2 rings (SSSR count). The predicted octanol–water partition coefficient (Wildman–Crippen LogP) is -0.289. The smallest absolute Gasteiger partial charge is 0.305 e. The van der Waals surface area contributed by atoms with Crippen LogP contribution in [0.2, 0.25) is 0 Å². The van der Waals surface area contributed by atoms with Crippen LogP contribution in [0.15, 0.2) is 22.8 Å². The number of furan rings is 1. The maximum absolute atomic E-state index is 12.1. The second-order valence-corrected chi connectivity index (χ2v) is 4.57. The summed E-state index contributed by atoms with van der Waals surface area (Å²) < 4.78 is 10.1. The maximum atomic E-state index is 12.1. The molecule has 0 radical (unpaired) electrons. The van der Waals surface area contributed by atoms with Crippen molar-refractivity contribution in [3.05, 3.63) is 24.2 Å². The van der Waals surface area contributed by atoms with E-state index in [0.717, 1.165) is 0 Å². The van der Waals surface area contributed by atoms with Crippen LogP contribution in [0.1, 0.15) is 17.0 Å². The van der Waals surface area contributed by atoms with E-state index in [1.807, 2.05) is 0 Å². The molecule has 1 aromatic heterocycles. The molecular weight excluding hydrogens is 280 g/mol. The number of hydrogen-bond acceptors (Lipinski definition) is 5. The fourth-order valence-electron chi connectivity index (χ4n) is 2.11. The van der Waals surface area contributed by atoms with Crippen LogP contribution in [-0.2, 0) is 14.3 Å². The molecule has 8 heteroatoms. The Labute approximate surface area is 120 Å². The Morgan fingerprint density at radius 3 is 2.90 bits per heavy atom. The third kappa shape index (κ3) is 4.06. The minimum atomic E-state index is -0.997. The second kappa shape index (κ2) is 6.89. The largest absolute Gasteiger partial charge is 0.481 e. The van der Waals surface area contributed by atoms with Crippen molar-refractivity contribution in [3.8, 4) is 0 Å². The Balaban J connectivity index is 1.88. The van der Waals surface area contributed by atoms with Gasteiger partial charge in [0.15, 0.2) is 5.76 Å². The first kappa shape index (κ1) is 15.0. The average Bonchev–Trinajstić information content (AvgIpc) is 2.98. The zero-order valence-electron chi connectivity index (χ0n) is 11.3. The molecule has 0 bridgehead atoms. The Bertz CT molecular complexity index is 513. The Morgan fingerprint density at radius 1 is 1.43 bits per heavy atom. The minimum Gasteiger partial charge on any atom is -0.481 e. The van der Waals surface area contributed by atoms with Crippen LogP contribution in [0.3, 0.4) is 0 Å². The van der Waals surface area contributed by atoms with Crippen LogP contribution in [0, 0.1) is 0 Å². The van der Waals surface area contributed by atoms with Gasteiger partial charge in [0.05, 0.1) is 38.5 Å².